The summed E-state index contributed by atoms with van der Waals surface area (Å²) in [5.74, 6) is -0.260. The standard InChI is InChI=1S/C11H11NO5/c1-15-11(14)9(12)10(13)6-2-3-7-8(4-6)17-5-16-7/h2-4,9H,5,12H2,1H3. The van der Waals surface area contributed by atoms with E-state index in [9.17, 15) is 9.59 Å². The van der Waals surface area contributed by atoms with Crippen LogP contribution in [-0.4, -0.2) is 31.7 Å². The van der Waals surface area contributed by atoms with E-state index in [4.69, 9.17) is 15.2 Å². The highest BCUT2D eigenvalue weighted by Crippen LogP contribution is 2.32. The van der Waals surface area contributed by atoms with Gasteiger partial charge in [0.15, 0.2) is 23.3 Å². The number of carbonyl (C=O) groups is 2. The average molecular weight is 237 g/mol. The molecule has 0 aromatic heterocycles. The summed E-state index contributed by atoms with van der Waals surface area (Å²) < 4.78 is 14.6. The number of hydrogen-bond acceptors (Lipinski definition) is 6. The molecular weight excluding hydrogens is 226 g/mol. The van der Waals surface area contributed by atoms with Crippen LogP contribution in [0.15, 0.2) is 18.2 Å². The third kappa shape index (κ3) is 2.07. The van der Waals surface area contributed by atoms with Crippen molar-refractivity contribution in [2.75, 3.05) is 13.9 Å². The smallest absolute Gasteiger partial charge is 0.330 e. The van der Waals surface area contributed by atoms with E-state index in [1.807, 2.05) is 0 Å². The Balaban J connectivity index is 2.23. The van der Waals surface area contributed by atoms with Gasteiger partial charge in [-0.15, -0.1) is 0 Å². The molecule has 0 radical (unpaired) electrons. The molecule has 0 fully saturated rings. The van der Waals surface area contributed by atoms with E-state index in [1.54, 1.807) is 6.07 Å². The van der Waals surface area contributed by atoms with E-state index in [1.165, 1.54) is 19.2 Å². The number of nitrogens with two attached hydrogens (primary N) is 1. The molecule has 0 saturated carbocycles. The molecule has 17 heavy (non-hydrogen) atoms. The van der Waals surface area contributed by atoms with Crippen LogP contribution in [0.4, 0.5) is 0 Å². The second kappa shape index (κ2) is 4.42. The molecule has 1 aliphatic rings. The van der Waals surface area contributed by atoms with Crippen molar-refractivity contribution in [2.24, 2.45) is 5.73 Å². The average Bonchev–Trinajstić information content (AvgIpc) is 2.83. The molecule has 0 bridgehead atoms. The molecular formula is C11H11NO5. The van der Waals surface area contributed by atoms with E-state index in [2.05, 4.69) is 4.74 Å². The highest BCUT2D eigenvalue weighted by molar-refractivity contribution is 6.12. The number of benzene rings is 1. The monoisotopic (exact) mass is 237 g/mol. The summed E-state index contributed by atoms with van der Waals surface area (Å²) >= 11 is 0. The number of fused-ring (bicyclic) bond motifs is 1. The summed E-state index contributed by atoms with van der Waals surface area (Å²) in [5, 5.41) is 0. The number of methoxy groups -OCH3 is 1. The molecule has 2 rings (SSSR count). The first-order chi connectivity index (χ1) is 8.13. The van der Waals surface area contributed by atoms with Crippen LogP contribution in [0.25, 0.3) is 0 Å². The topological polar surface area (TPSA) is 87.9 Å². The molecule has 1 aromatic rings. The lowest BCUT2D eigenvalue weighted by Crippen LogP contribution is -2.39. The van der Waals surface area contributed by atoms with Gasteiger partial charge in [0, 0.05) is 5.56 Å². The SMILES string of the molecule is COC(=O)C(N)C(=O)c1ccc2c(c1)OCO2. The second-order valence-corrected chi connectivity index (χ2v) is 3.43. The largest absolute Gasteiger partial charge is 0.468 e. The summed E-state index contributed by atoms with van der Waals surface area (Å²) in [5.41, 5.74) is 5.74. The molecule has 1 aliphatic heterocycles. The first-order valence-corrected chi connectivity index (χ1v) is 4.90. The number of rotatable bonds is 3. The Morgan fingerprint density at radius 1 is 1.35 bits per heavy atom. The number of Topliss-reactive ketones (excluding diaryl/α,β-unsaturated/α-hetero) is 1. The van der Waals surface area contributed by atoms with Gasteiger partial charge in [-0.25, -0.2) is 4.79 Å². The molecule has 6 heteroatoms. The Morgan fingerprint density at radius 2 is 2.06 bits per heavy atom. The Hall–Kier alpha value is -2.08. The van der Waals surface area contributed by atoms with Crippen molar-refractivity contribution in [1.82, 2.24) is 0 Å². The molecule has 1 heterocycles. The summed E-state index contributed by atoms with van der Waals surface area (Å²) in [6.45, 7) is 0.121. The van der Waals surface area contributed by atoms with Crippen LogP contribution in [0.2, 0.25) is 0 Å². The molecule has 1 atom stereocenters. The maximum absolute atomic E-state index is 11.8. The van der Waals surface area contributed by atoms with Crippen molar-refractivity contribution in [3.05, 3.63) is 23.8 Å². The van der Waals surface area contributed by atoms with E-state index in [0.717, 1.165) is 0 Å². The van der Waals surface area contributed by atoms with Crippen LogP contribution in [-0.2, 0) is 9.53 Å². The third-order valence-electron chi connectivity index (χ3n) is 2.39. The van der Waals surface area contributed by atoms with Crippen molar-refractivity contribution in [1.29, 1.82) is 0 Å². The number of ether oxygens (including phenoxy) is 3. The Bertz CT molecular complexity index is 471. The molecule has 6 nitrogen and oxygen atoms in total. The highest BCUT2D eigenvalue weighted by Gasteiger charge is 2.25. The maximum Gasteiger partial charge on any atom is 0.330 e. The zero-order chi connectivity index (χ0) is 12.4. The van der Waals surface area contributed by atoms with Crippen LogP contribution < -0.4 is 15.2 Å². The minimum atomic E-state index is -1.32. The summed E-state index contributed by atoms with van der Waals surface area (Å²) in [6.07, 6.45) is 0. The van der Waals surface area contributed by atoms with Crippen LogP contribution in [0.3, 0.4) is 0 Å². The van der Waals surface area contributed by atoms with Gasteiger partial charge < -0.3 is 19.9 Å². The van der Waals surface area contributed by atoms with E-state index in [0.29, 0.717) is 11.5 Å². The summed E-state index contributed by atoms with van der Waals surface area (Å²) in [6, 6.07) is 3.30. The lowest BCUT2D eigenvalue weighted by atomic mass is 10.0. The fourth-order valence-electron chi connectivity index (χ4n) is 1.46. The van der Waals surface area contributed by atoms with Crippen molar-refractivity contribution in [3.8, 4) is 11.5 Å². The zero-order valence-electron chi connectivity index (χ0n) is 9.14. The lowest BCUT2D eigenvalue weighted by Gasteiger charge is -2.08. The molecule has 90 valence electrons. The minimum Gasteiger partial charge on any atom is -0.468 e. The van der Waals surface area contributed by atoms with Gasteiger partial charge in [-0.05, 0) is 18.2 Å². The lowest BCUT2D eigenvalue weighted by molar-refractivity contribution is -0.140. The van der Waals surface area contributed by atoms with Crippen molar-refractivity contribution in [3.63, 3.8) is 0 Å². The van der Waals surface area contributed by atoms with Gasteiger partial charge >= 0.3 is 5.97 Å². The Morgan fingerprint density at radius 3 is 2.76 bits per heavy atom. The molecule has 2 N–H and O–H groups in total. The molecule has 0 amide bonds. The van der Waals surface area contributed by atoms with Crippen molar-refractivity contribution in [2.45, 2.75) is 6.04 Å². The second-order valence-electron chi connectivity index (χ2n) is 3.43. The quantitative estimate of drug-likeness (QED) is 0.455. The maximum atomic E-state index is 11.8. The van der Waals surface area contributed by atoms with Gasteiger partial charge in [0.05, 0.1) is 7.11 Å². The van der Waals surface area contributed by atoms with Crippen molar-refractivity contribution >= 4 is 11.8 Å². The predicted octanol–water partition coefficient (Wildman–Crippen LogP) is 0.0983. The number of ketones is 1. The number of carbonyl (C=O) groups excluding carboxylic acids is 2. The fraction of sp³-hybridized carbons (Fsp3) is 0.273. The third-order valence-corrected chi connectivity index (χ3v) is 2.39. The van der Waals surface area contributed by atoms with Gasteiger partial charge in [0.25, 0.3) is 0 Å². The van der Waals surface area contributed by atoms with Crippen LogP contribution >= 0.6 is 0 Å². The normalized spacial score (nSPS) is 14.2. The first-order valence-electron chi connectivity index (χ1n) is 4.90. The Labute approximate surface area is 97.3 Å². The van der Waals surface area contributed by atoms with Crippen LogP contribution in [0.5, 0.6) is 11.5 Å². The zero-order valence-corrected chi connectivity index (χ0v) is 9.14. The molecule has 0 aliphatic carbocycles. The summed E-state index contributed by atoms with van der Waals surface area (Å²) in [7, 11) is 1.18. The van der Waals surface area contributed by atoms with Gasteiger partial charge in [-0.2, -0.15) is 0 Å². The number of hydrogen-bond donors (Lipinski definition) is 1. The predicted molar refractivity (Wildman–Crippen MR) is 56.9 cm³/mol. The van der Waals surface area contributed by atoms with E-state index >= 15 is 0 Å². The van der Waals surface area contributed by atoms with Crippen LogP contribution in [0, 0.1) is 0 Å². The molecule has 0 spiro atoms. The van der Waals surface area contributed by atoms with E-state index < -0.39 is 17.8 Å². The van der Waals surface area contributed by atoms with Gasteiger partial charge in [0.2, 0.25) is 6.79 Å². The van der Waals surface area contributed by atoms with Gasteiger partial charge in [0.1, 0.15) is 0 Å². The highest BCUT2D eigenvalue weighted by atomic mass is 16.7. The number of esters is 1. The Kier molecular flexibility index (Phi) is 2.97. The van der Waals surface area contributed by atoms with Crippen molar-refractivity contribution < 1.29 is 23.8 Å². The first kappa shape index (κ1) is 11.4. The van der Waals surface area contributed by atoms with Crippen LogP contribution in [0.1, 0.15) is 10.4 Å². The fourth-order valence-corrected chi connectivity index (χ4v) is 1.46. The summed E-state index contributed by atoms with van der Waals surface area (Å²) in [4.78, 5) is 23.0. The molecule has 1 unspecified atom stereocenters. The van der Waals surface area contributed by atoms with Gasteiger partial charge in [-0.3, -0.25) is 4.79 Å². The van der Waals surface area contributed by atoms with E-state index in [-0.39, 0.29) is 12.4 Å². The van der Waals surface area contributed by atoms with Gasteiger partial charge in [-0.1, -0.05) is 0 Å². The minimum absolute atomic E-state index is 0.121. The molecule has 0 saturated heterocycles. The molecule has 1 aromatic carbocycles.